The van der Waals surface area contributed by atoms with Gasteiger partial charge in [0, 0.05) is 0 Å². The Labute approximate surface area is 228 Å². The van der Waals surface area contributed by atoms with Gasteiger partial charge in [-0.2, -0.15) is 0 Å². The zero-order valence-corrected chi connectivity index (χ0v) is 21.8. The zero-order chi connectivity index (χ0) is 25.8. The minimum atomic E-state index is 1.07. The second-order valence-corrected chi connectivity index (χ2v) is 10.8. The average Bonchev–Trinajstić information content (AvgIpc) is 2.99. The maximum Gasteiger partial charge on any atom is -0.00208 e. The van der Waals surface area contributed by atoms with Crippen molar-refractivity contribution in [3.8, 4) is 0 Å². The van der Waals surface area contributed by atoms with Gasteiger partial charge in [0.15, 0.2) is 0 Å². The van der Waals surface area contributed by atoms with Gasteiger partial charge in [0.2, 0.25) is 0 Å². The first kappa shape index (κ1) is 22.3. The number of allylic oxidation sites excluding steroid dienone is 2. The van der Waals surface area contributed by atoms with Crippen LogP contribution in [-0.2, 0) is 0 Å². The first-order chi connectivity index (χ1) is 19.3. The number of hydrogen-bond donors (Lipinski definition) is 0. The van der Waals surface area contributed by atoms with Crippen molar-refractivity contribution in [3.05, 3.63) is 132 Å². The molecule has 0 atom stereocenters. The van der Waals surface area contributed by atoms with Gasteiger partial charge in [-0.15, -0.1) is 0 Å². The summed E-state index contributed by atoms with van der Waals surface area (Å²) in [6.07, 6.45) is 12.6. The highest BCUT2D eigenvalue weighted by Gasteiger charge is 2.10. The van der Waals surface area contributed by atoms with Crippen molar-refractivity contribution < 1.29 is 0 Å². The lowest BCUT2D eigenvalue weighted by Gasteiger charge is -2.12. The Balaban J connectivity index is 1.01. The first-order valence-electron chi connectivity index (χ1n) is 14.0. The SMILES string of the molecule is C(=C\c1ccc2ccc3cccc4ccc1c2c34)/CCC/C=C/c1ccc2ccc3cccc4ccc1c2c34. The molecule has 0 aliphatic carbocycles. The van der Waals surface area contributed by atoms with Crippen LogP contribution in [0.4, 0.5) is 0 Å². The standard InChI is InChI=1S/C39H28/c1(2-4-8-26-14-16-32-20-18-28-10-6-12-30-22-24-34(26)38(32)36(28)30)3-5-9-27-15-17-33-21-19-29-11-7-13-31-23-25-35(27)39(33)37(29)31/h4-25H,1-3H2/b8-4+,9-5+. The molecule has 0 heteroatoms. The van der Waals surface area contributed by atoms with Crippen molar-refractivity contribution in [1.29, 1.82) is 0 Å². The molecule has 0 radical (unpaired) electrons. The molecular formula is C39H28. The smallest absolute Gasteiger partial charge is 0.00208 e. The van der Waals surface area contributed by atoms with E-state index >= 15 is 0 Å². The molecule has 0 nitrogen and oxygen atoms in total. The summed E-state index contributed by atoms with van der Waals surface area (Å²) < 4.78 is 0. The topological polar surface area (TPSA) is 0 Å². The van der Waals surface area contributed by atoms with Crippen molar-refractivity contribution in [2.45, 2.75) is 19.3 Å². The van der Waals surface area contributed by atoms with Gasteiger partial charge in [-0.05, 0) is 95.0 Å². The van der Waals surface area contributed by atoms with Crippen LogP contribution >= 0.6 is 0 Å². The molecule has 184 valence electrons. The highest BCUT2D eigenvalue weighted by molar-refractivity contribution is 6.25. The number of benzene rings is 8. The van der Waals surface area contributed by atoms with Gasteiger partial charge in [-0.3, -0.25) is 0 Å². The lowest BCUT2D eigenvalue weighted by Crippen LogP contribution is -1.86. The van der Waals surface area contributed by atoms with Gasteiger partial charge in [0.1, 0.15) is 0 Å². The molecule has 0 aliphatic rings. The molecule has 0 aromatic heterocycles. The lowest BCUT2D eigenvalue weighted by atomic mass is 9.92. The minimum absolute atomic E-state index is 1.07. The molecule has 0 heterocycles. The minimum Gasteiger partial charge on any atom is -0.0839 e. The van der Waals surface area contributed by atoms with Crippen molar-refractivity contribution in [2.24, 2.45) is 0 Å². The number of rotatable bonds is 6. The predicted molar refractivity (Wildman–Crippen MR) is 172 cm³/mol. The van der Waals surface area contributed by atoms with E-state index in [2.05, 4.69) is 133 Å². The van der Waals surface area contributed by atoms with Gasteiger partial charge < -0.3 is 0 Å². The summed E-state index contributed by atoms with van der Waals surface area (Å²) in [4.78, 5) is 0. The third kappa shape index (κ3) is 3.60. The van der Waals surface area contributed by atoms with Gasteiger partial charge in [-0.1, -0.05) is 133 Å². The summed E-state index contributed by atoms with van der Waals surface area (Å²) in [5, 5.41) is 16.2. The molecule has 8 aromatic rings. The van der Waals surface area contributed by atoms with Crippen molar-refractivity contribution in [3.63, 3.8) is 0 Å². The van der Waals surface area contributed by atoms with Crippen molar-refractivity contribution in [1.82, 2.24) is 0 Å². The maximum atomic E-state index is 2.34. The summed E-state index contributed by atoms with van der Waals surface area (Å²) >= 11 is 0. The molecule has 0 aliphatic heterocycles. The molecule has 0 spiro atoms. The van der Waals surface area contributed by atoms with E-state index in [9.17, 15) is 0 Å². The third-order valence-corrected chi connectivity index (χ3v) is 8.46. The Morgan fingerprint density at radius 2 is 0.718 bits per heavy atom. The van der Waals surface area contributed by atoms with Crippen LogP contribution in [0.5, 0.6) is 0 Å². The van der Waals surface area contributed by atoms with Gasteiger partial charge in [0.05, 0.1) is 0 Å². The molecule has 0 N–H and O–H groups in total. The third-order valence-electron chi connectivity index (χ3n) is 8.46. The van der Waals surface area contributed by atoms with Crippen LogP contribution in [-0.4, -0.2) is 0 Å². The second kappa shape index (κ2) is 8.96. The fourth-order valence-electron chi connectivity index (χ4n) is 6.58. The molecule has 8 aromatic carbocycles. The molecule has 0 saturated heterocycles. The summed E-state index contributed by atoms with van der Waals surface area (Å²) in [5.74, 6) is 0. The summed E-state index contributed by atoms with van der Waals surface area (Å²) in [5.41, 5.74) is 2.62. The van der Waals surface area contributed by atoms with E-state index in [1.807, 2.05) is 0 Å². The van der Waals surface area contributed by atoms with E-state index in [4.69, 9.17) is 0 Å². The van der Waals surface area contributed by atoms with Crippen LogP contribution in [0.1, 0.15) is 30.4 Å². The number of hydrogen-bond acceptors (Lipinski definition) is 0. The molecule has 39 heavy (non-hydrogen) atoms. The molecule has 0 saturated carbocycles. The second-order valence-electron chi connectivity index (χ2n) is 10.8. The first-order valence-corrected chi connectivity index (χ1v) is 14.0. The van der Waals surface area contributed by atoms with Crippen molar-refractivity contribution >= 4 is 76.8 Å². The highest BCUT2D eigenvalue weighted by Crippen LogP contribution is 2.37. The van der Waals surface area contributed by atoms with E-state index in [0.29, 0.717) is 0 Å². The molecule has 0 amide bonds. The Morgan fingerprint density at radius 3 is 1.15 bits per heavy atom. The Hall–Kier alpha value is -4.68. The van der Waals surface area contributed by atoms with Crippen LogP contribution in [0.2, 0.25) is 0 Å². The van der Waals surface area contributed by atoms with E-state index in [-0.39, 0.29) is 0 Å². The quantitative estimate of drug-likeness (QED) is 0.159. The van der Waals surface area contributed by atoms with Crippen LogP contribution in [0.25, 0.3) is 76.8 Å². The molecular weight excluding hydrogens is 468 g/mol. The van der Waals surface area contributed by atoms with Gasteiger partial charge in [-0.25, -0.2) is 0 Å². The van der Waals surface area contributed by atoms with Crippen LogP contribution < -0.4 is 0 Å². The monoisotopic (exact) mass is 496 g/mol. The van der Waals surface area contributed by atoms with E-state index < -0.39 is 0 Å². The molecule has 0 fully saturated rings. The molecule has 0 unspecified atom stereocenters. The zero-order valence-electron chi connectivity index (χ0n) is 21.8. The fraction of sp³-hybridized carbons (Fsp3) is 0.0769. The van der Waals surface area contributed by atoms with Crippen LogP contribution in [0.3, 0.4) is 0 Å². The normalized spacial score (nSPS) is 12.7. The predicted octanol–water partition coefficient (Wildman–Crippen LogP) is 11.4. The van der Waals surface area contributed by atoms with E-state index in [0.717, 1.165) is 19.3 Å². The average molecular weight is 497 g/mol. The largest absolute Gasteiger partial charge is 0.0839 e. The molecule has 0 bridgehead atoms. The molecule has 8 rings (SSSR count). The summed E-state index contributed by atoms with van der Waals surface area (Å²) in [6, 6.07) is 40.4. The number of unbranched alkanes of at least 4 members (excludes halogenated alkanes) is 2. The fourth-order valence-corrected chi connectivity index (χ4v) is 6.58. The van der Waals surface area contributed by atoms with Gasteiger partial charge >= 0.3 is 0 Å². The maximum absolute atomic E-state index is 2.34. The van der Waals surface area contributed by atoms with E-state index in [1.54, 1.807) is 0 Å². The van der Waals surface area contributed by atoms with Crippen LogP contribution in [0.15, 0.2) is 121 Å². The summed E-state index contributed by atoms with van der Waals surface area (Å²) in [7, 11) is 0. The van der Waals surface area contributed by atoms with Crippen molar-refractivity contribution in [2.75, 3.05) is 0 Å². The summed E-state index contributed by atoms with van der Waals surface area (Å²) in [6.45, 7) is 0. The Morgan fingerprint density at radius 1 is 0.359 bits per heavy atom. The Bertz CT molecular complexity index is 2000. The van der Waals surface area contributed by atoms with E-state index in [1.165, 1.54) is 75.8 Å². The van der Waals surface area contributed by atoms with Crippen LogP contribution in [0, 0.1) is 0 Å². The lowest BCUT2D eigenvalue weighted by molar-refractivity contribution is 0.873. The highest BCUT2D eigenvalue weighted by atomic mass is 14.1. The van der Waals surface area contributed by atoms with Gasteiger partial charge in [0.25, 0.3) is 0 Å². The Kier molecular flexibility index (Phi) is 5.13.